The lowest BCUT2D eigenvalue weighted by Crippen LogP contribution is -2.26. The summed E-state index contributed by atoms with van der Waals surface area (Å²) in [5.74, 6) is 1.43. The molecule has 0 aliphatic carbocycles. The van der Waals surface area contributed by atoms with Crippen LogP contribution in [0.15, 0.2) is 24.3 Å². The fraction of sp³-hybridized carbons (Fsp3) is 0.650. The van der Waals surface area contributed by atoms with Crippen LogP contribution in [0.25, 0.3) is 0 Å². The van der Waals surface area contributed by atoms with E-state index in [4.69, 9.17) is 15.2 Å². The third-order valence-corrected chi connectivity index (χ3v) is 3.28. The van der Waals surface area contributed by atoms with E-state index in [0.29, 0.717) is 13.2 Å². The molecule has 0 aliphatic rings. The largest absolute Gasteiger partial charge is 0.490 e. The zero-order valence-corrected chi connectivity index (χ0v) is 16.3. The molecule has 0 saturated heterocycles. The van der Waals surface area contributed by atoms with Gasteiger partial charge in [0.2, 0.25) is 0 Å². The van der Waals surface area contributed by atoms with E-state index in [1.165, 1.54) is 6.92 Å². The normalized spacial score (nSPS) is 11.1. The number of para-hydroxylation sites is 2. The van der Waals surface area contributed by atoms with Crippen LogP contribution in [-0.2, 0) is 9.53 Å². The van der Waals surface area contributed by atoms with E-state index in [-0.39, 0.29) is 12.1 Å². The van der Waals surface area contributed by atoms with Gasteiger partial charge in [0.25, 0.3) is 0 Å². The van der Waals surface area contributed by atoms with Crippen molar-refractivity contribution in [3.63, 3.8) is 0 Å². The van der Waals surface area contributed by atoms with E-state index in [9.17, 15) is 4.79 Å². The number of benzene rings is 1. The molecule has 0 radical (unpaired) electrons. The molecule has 25 heavy (non-hydrogen) atoms. The smallest absolute Gasteiger partial charge is 0.302 e. The summed E-state index contributed by atoms with van der Waals surface area (Å²) in [6.07, 6.45) is 5.21. The van der Waals surface area contributed by atoms with E-state index in [1.807, 2.05) is 31.2 Å². The van der Waals surface area contributed by atoms with Crippen LogP contribution in [0.4, 0.5) is 0 Å². The maximum absolute atomic E-state index is 9.98. The molecule has 144 valence electrons. The number of hydrogen-bond acceptors (Lipinski definition) is 5. The lowest BCUT2D eigenvalue weighted by atomic mass is 10.2. The molecule has 0 aliphatic heterocycles. The van der Waals surface area contributed by atoms with Crippen LogP contribution in [0, 0.1) is 0 Å². The van der Waals surface area contributed by atoms with Crippen molar-refractivity contribution in [1.82, 2.24) is 0 Å². The molecule has 0 amide bonds. The summed E-state index contributed by atoms with van der Waals surface area (Å²) in [5.41, 5.74) is 5.71. The van der Waals surface area contributed by atoms with Crippen molar-refractivity contribution in [2.45, 2.75) is 65.9 Å². The minimum absolute atomic E-state index is 0.0749. The van der Waals surface area contributed by atoms with Crippen molar-refractivity contribution in [2.24, 2.45) is 5.73 Å². The highest BCUT2D eigenvalue weighted by Gasteiger charge is 2.11. The van der Waals surface area contributed by atoms with Gasteiger partial charge in [-0.05, 0) is 31.4 Å². The molecule has 1 atom stereocenters. The van der Waals surface area contributed by atoms with E-state index in [2.05, 4.69) is 18.6 Å². The van der Waals surface area contributed by atoms with Gasteiger partial charge in [0.15, 0.2) is 11.5 Å². The number of carbonyl (C=O) groups is 1. The Kier molecular flexibility index (Phi) is 14.7. The maximum atomic E-state index is 9.98. The monoisotopic (exact) mass is 353 g/mol. The molecule has 1 aromatic rings. The highest BCUT2D eigenvalue weighted by Crippen LogP contribution is 2.28. The Hall–Kier alpha value is -1.75. The van der Waals surface area contributed by atoms with E-state index < -0.39 is 0 Å². The lowest BCUT2D eigenvalue weighted by Gasteiger charge is -2.19. The first kappa shape index (κ1) is 23.2. The summed E-state index contributed by atoms with van der Waals surface area (Å²) >= 11 is 0. The van der Waals surface area contributed by atoms with Crippen molar-refractivity contribution in [3.05, 3.63) is 24.3 Å². The minimum Gasteiger partial charge on any atom is -0.490 e. The summed E-state index contributed by atoms with van der Waals surface area (Å²) in [7, 11) is 0. The molecule has 2 N–H and O–H groups in total. The molecular formula is C20H35NO4. The highest BCUT2D eigenvalue weighted by atomic mass is 16.5. The Morgan fingerprint density at radius 1 is 1.04 bits per heavy atom. The Balaban J connectivity index is 0.000000697. The molecule has 5 heteroatoms. The van der Waals surface area contributed by atoms with Crippen LogP contribution in [0.2, 0.25) is 0 Å². The molecule has 0 fully saturated rings. The fourth-order valence-electron chi connectivity index (χ4n) is 1.97. The lowest BCUT2D eigenvalue weighted by molar-refractivity contribution is -0.140. The Morgan fingerprint density at radius 3 is 2.20 bits per heavy atom. The molecule has 0 aromatic heterocycles. The summed E-state index contributed by atoms with van der Waals surface area (Å²) < 4.78 is 16.2. The van der Waals surface area contributed by atoms with Crippen molar-refractivity contribution in [2.75, 3.05) is 19.8 Å². The first-order chi connectivity index (χ1) is 12.1. The molecule has 1 unspecified atom stereocenters. The van der Waals surface area contributed by atoms with Crippen LogP contribution in [0.3, 0.4) is 0 Å². The van der Waals surface area contributed by atoms with Gasteiger partial charge in [-0.1, -0.05) is 45.7 Å². The summed E-state index contributed by atoms with van der Waals surface area (Å²) in [5, 5.41) is 0. The number of hydrogen-bond donors (Lipinski definition) is 1. The Labute approximate surface area is 152 Å². The van der Waals surface area contributed by atoms with Gasteiger partial charge < -0.3 is 19.9 Å². The average molecular weight is 354 g/mol. The quantitative estimate of drug-likeness (QED) is 0.473. The Bertz CT molecular complexity index is 451. The molecule has 1 aromatic carbocycles. The standard InChI is InChI=1S/C15H25NO2.C5H10O2/c1-3-5-11-17-14-9-6-7-10-15(14)18-13(12-16)8-4-2;1-3-4-7-5(2)6/h6-7,9-10,13H,3-5,8,11-12,16H2,1-2H3;3-4H2,1-2H3. The molecule has 0 spiro atoms. The van der Waals surface area contributed by atoms with Crippen molar-refractivity contribution >= 4 is 5.97 Å². The predicted octanol–water partition coefficient (Wildman–Crippen LogP) is 4.33. The number of rotatable bonds is 11. The van der Waals surface area contributed by atoms with Gasteiger partial charge in [-0.3, -0.25) is 4.79 Å². The first-order valence-corrected chi connectivity index (χ1v) is 9.30. The van der Waals surface area contributed by atoms with Gasteiger partial charge in [-0.2, -0.15) is 0 Å². The predicted molar refractivity (Wildman–Crippen MR) is 102 cm³/mol. The van der Waals surface area contributed by atoms with Crippen LogP contribution < -0.4 is 15.2 Å². The topological polar surface area (TPSA) is 70.8 Å². The summed E-state index contributed by atoms with van der Waals surface area (Å²) in [6.45, 7) is 9.48. The minimum atomic E-state index is -0.193. The molecule has 0 heterocycles. The maximum Gasteiger partial charge on any atom is 0.302 e. The van der Waals surface area contributed by atoms with Gasteiger partial charge >= 0.3 is 5.97 Å². The second kappa shape index (κ2) is 15.8. The van der Waals surface area contributed by atoms with E-state index in [1.54, 1.807) is 0 Å². The number of carbonyl (C=O) groups excluding carboxylic acids is 1. The second-order valence-electron chi connectivity index (χ2n) is 5.75. The van der Waals surface area contributed by atoms with Crippen molar-refractivity contribution < 1.29 is 19.0 Å². The molecule has 5 nitrogen and oxygen atoms in total. The van der Waals surface area contributed by atoms with Crippen LogP contribution >= 0.6 is 0 Å². The van der Waals surface area contributed by atoms with E-state index >= 15 is 0 Å². The van der Waals surface area contributed by atoms with Crippen LogP contribution in [-0.4, -0.2) is 31.8 Å². The van der Waals surface area contributed by atoms with Crippen LogP contribution in [0.1, 0.15) is 59.8 Å². The third-order valence-electron chi connectivity index (χ3n) is 3.28. The van der Waals surface area contributed by atoms with Gasteiger partial charge in [0, 0.05) is 13.5 Å². The summed E-state index contributed by atoms with van der Waals surface area (Å²) in [6, 6.07) is 7.82. The van der Waals surface area contributed by atoms with Crippen molar-refractivity contribution in [3.8, 4) is 11.5 Å². The molecular weight excluding hydrogens is 318 g/mol. The third kappa shape index (κ3) is 12.3. The zero-order valence-electron chi connectivity index (χ0n) is 16.3. The van der Waals surface area contributed by atoms with Gasteiger partial charge in [-0.15, -0.1) is 0 Å². The number of nitrogens with two attached hydrogens (primary N) is 1. The second-order valence-corrected chi connectivity index (χ2v) is 5.75. The number of unbranched alkanes of at least 4 members (excludes halogenated alkanes) is 1. The molecule has 1 rings (SSSR count). The van der Waals surface area contributed by atoms with Gasteiger partial charge in [0.1, 0.15) is 6.10 Å². The van der Waals surface area contributed by atoms with Gasteiger partial charge in [0.05, 0.1) is 13.2 Å². The fourth-order valence-corrected chi connectivity index (χ4v) is 1.97. The molecule has 0 bridgehead atoms. The highest BCUT2D eigenvalue weighted by molar-refractivity contribution is 5.65. The first-order valence-electron chi connectivity index (χ1n) is 9.30. The zero-order chi connectivity index (χ0) is 18.9. The average Bonchev–Trinajstić information content (AvgIpc) is 2.61. The van der Waals surface area contributed by atoms with Crippen molar-refractivity contribution in [1.29, 1.82) is 0 Å². The van der Waals surface area contributed by atoms with Gasteiger partial charge in [-0.25, -0.2) is 0 Å². The van der Waals surface area contributed by atoms with E-state index in [0.717, 1.165) is 50.2 Å². The number of ether oxygens (including phenoxy) is 3. The molecule has 0 saturated carbocycles. The van der Waals surface area contributed by atoms with Crippen LogP contribution in [0.5, 0.6) is 11.5 Å². The summed E-state index contributed by atoms with van der Waals surface area (Å²) in [4.78, 5) is 9.98. The number of esters is 1. The Morgan fingerprint density at radius 2 is 1.72 bits per heavy atom. The SMILES string of the molecule is CCCCOc1ccccc1OC(CN)CCC.CCCOC(C)=O.